The number of hydrogen-bond donors (Lipinski definition) is 1. The number of hydrogen-bond acceptors (Lipinski definition) is 5. The molecule has 0 spiro atoms. The molecule has 1 aromatic carbocycles. The first-order valence-electron chi connectivity index (χ1n) is 7.53. The highest BCUT2D eigenvalue weighted by Gasteiger charge is 2.00. The summed E-state index contributed by atoms with van der Waals surface area (Å²) in [6.07, 6.45) is 3.54. The quantitative estimate of drug-likeness (QED) is 0.708. The van der Waals surface area contributed by atoms with Crippen molar-refractivity contribution in [2.24, 2.45) is 0 Å². The van der Waals surface area contributed by atoms with Crippen LogP contribution in [0.2, 0.25) is 0 Å². The number of nitrogens with zero attached hydrogens (tertiary/aromatic N) is 2. The summed E-state index contributed by atoms with van der Waals surface area (Å²) in [5.74, 6) is 1.69. The Morgan fingerprint density at radius 3 is 2.42 bits per heavy atom. The van der Waals surface area contributed by atoms with Gasteiger partial charge in [0.15, 0.2) is 0 Å². The van der Waals surface area contributed by atoms with Crippen LogP contribution in [-0.4, -0.2) is 10.1 Å². The molecule has 0 aliphatic heterocycles. The number of aromatic nitrogens is 2. The van der Waals surface area contributed by atoms with Crippen LogP contribution in [0.25, 0.3) is 0 Å². The highest BCUT2D eigenvalue weighted by Crippen LogP contribution is 2.14. The predicted octanol–water partition coefficient (Wildman–Crippen LogP) is 3.67. The van der Waals surface area contributed by atoms with Gasteiger partial charge in [-0.25, -0.2) is 0 Å². The van der Waals surface area contributed by atoms with Gasteiger partial charge in [-0.05, 0) is 42.3 Å². The Bertz CT molecular complexity index is 730. The summed E-state index contributed by atoms with van der Waals surface area (Å²) in [7, 11) is 0. The molecule has 2 heterocycles. The second-order valence-electron chi connectivity index (χ2n) is 5.32. The van der Waals surface area contributed by atoms with Gasteiger partial charge in [-0.2, -0.15) is 0 Å². The fourth-order valence-electron chi connectivity index (χ4n) is 2.19. The van der Waals surface area contributed by atoms with Crippen molar-refractivity contribution in [3.63, 3.8) is 0 Å². The van der Waals surface area contributed by atoms with Crippen molar-refractivity contribution in [3.05, 3.63) is 77.4 Å². The zero-order valence-corrected chi connectivity index (χ0v) is 14.3. The molecule has 0 atom stereocenters. The first kappa shape index (κ1) is 18.0. The Morgan fingerprint density at radius 1 is 1.00 bits per heavy atom. The summed E-state index contributed by atoms with van der Waals surface area (Å²) in [6.45, 7) is 3.90. The molecule has 3 rings (SSSR count). The van der Waals surface area contributed by atoms with Crippen molar-refractivity contribution in [2.75, 3.05) is 0 Å². The van der Waals surface area contributed by atoms with Crippen LogP contribution < -0.4 is 10.1 Å². The van der Waals surface area contributed by atoms with Crippen LogP contribution in [0.3, 0.4) is 0 Å². The molecule has 0 aliphatic carbocycles. The fourth-order valence-corrected chi connectivity index (χ4v) is 2.19. The van der Waals surface area contributed by atoms with Gasteiger partial charge in [0.2, 0.25) is 0 Å². The van der Waals surface area contributed by atoms with E-state index in [9.17, 15) is 0 Å². The standard InChI is InChI=1S/C18H19N3O2.ClH/c1-14-10-17(21-23-14)12-20-11-15-2-4-18(5-3-15)22-13-16-6-8-19-9-7-16;/h2-10,20H,11-13H2,1H3;1H. The lowest BCUT2D eigenvalue weighted by atomic mass is 10.2. The molecule has 0 radical (unpaired) electrons. The van der Waals surface area contributed by atoms with Crippen molar-refractivity contribution >= 4 is 12.4 Å². The van der Waals surface area contributed by atoms with Crippen LogP contribution in [0.5, 0.6) is 5.75 Å². The topological polar surface area (TPSA) is 60.2 Å². The second-order valence-corrected chi connectivity index (χ2v) is 5.32. The summed E-state index contributed by atoms with van der Waals surface area (Å²) in [6, 6.07) is 13.9. The number of pyridine rings is 1. The van der Waals surface area contributed by atoms with E-state index in [2.05, 4.69) is 27.6 Å². The van der Waals surface area contributed by atoms with Crippen molar-refractivity contribution < 1.29 is 9.26 Å². The second kappa shape index (κ2) is 9.05. The Balaban J connectivity index is 0.00000208. The Morgan fingerprint density at radius 2 is 1.75 bits per heavy atom. The van der Waals surface area contributed by atoms with Crippen LogP contribution in [-0.2, 0) is 19.7 Å². The average Bonchev–Trinajstić information content (AvgIpc) is 3.00. The van der Waals surface area contributed by atoms with Crippen LogP contribution in [0.15, 0.2) is 59.4 Å². The van der Waals surface area contributed by atoms with Gasteiger partial charge in [0.05, 0.1) is 5.69 Å². The third-order valence-corrected chi connectivity index (χ3v) is 3.39. The highest BCUT2D eigenvalue weighted by molar-refractivity contribution is 5.85. The van der Waals surface area contributed by atoms with Crippen LogP contribution in [0.1, 0.15) is 22.6 Å². The third-order valence-electron chi connectivity index (χ3n) is 3.39. The van der Waals surface area contributed by atoms with Crippen LogP contribution in [0.4, 0.5) is 0 Å². The van der Waals surface area contributed by atoms with E-state index in [1.54, 1.807) is 12.4 Å². The lowest BCUT2D eigenvalue weighted by molar-refractivity contribution is 0.306. The summed E-state index contributed by atoms with van der Waals surface area (Å²) >= 11 is 0. The summed E-state index contributed by atoms with van der Waals surface area (Å²) < 4.78 is 10.8. The monoisotopic (exact) mass is 345 g/mol. The van der Waals surface area contributed by atoms with E-state index in [-0.39, 0.29) is 12.4 Å². The number of benzene rings is 1. The SMILES string of the molecule is Cc1cc(CNCc2ccc(OCc3ccncc3)cc2)no1.Cl. The van der Waals surface area contributed by atoms with Crippen LogP contribution in [0, 0.1) is 6.92 Å². The van der Waals surface area contributed by atoms with E-state index < -0.39 is 0 Å². The van der Waals surface area contributed by atoms with Gasteiger partial charge in [0.25, 0.3) is 0 Å². The molecule has 0 bridgehead atoms. The molecule has 0 saturated heterocycles. The number of rotatable bonds is 7. The number of nitrogens with one attached hydrogen (secondary N) is 1. The van der Waals surface area contributed by atoms with Gasteiger partial charge in [-0.15, -0.1) is 12.4 Å². The van der Waals surface area contributed by atoms with Crippen molar-refractivity contribution in [1.29, 1.82) is 0 Å². The van der Waals surface area contributed by atoms with E-state index in [1.165, 1.54) is 5.56 Å². The number of aryl methyl sites for hydroxylation is 1. The molecule has 24 heavy (non-hydrogen) atoms. The Hall–Kier alpha value is -2.37. The van der Waals surface area contributed by atoms with E-state index >= 15 is 0 Å². The molecule has 0 saturated carbocycles. The van der Waals surface area contributed by atoms with E-state index in [0.717, 1.165) is 29.3 Å². The smallest absolute Gasteiger partial charge is 0.133 e. The molecule has 0 fully saturated rings. The lowest BCUT2D eigenvalue weighted by Crippen LogP contribution is -2.12. The first-order chi connectivity index (χ1) is 11.3. The minimum atomic E-state index is 0. The molecule has 2 aromatic heterocycles. The normalized spacial score (nSPS) is 10.2. The molecule has 126 valence electrons. The largest absolute Gasteiger partial charge is 0.489 e. The summed E-state index contributed by atoms with van der Waals surface area (Å²) in [5.41, 5.74) is 3.22. The molecule has 5 nitrogen and oxygen atoms in total. The van der Waals surface area contributed by atoms with Crippen LogP contribution >= 0.6 is 12.4 Å². The zero-order valence-electron chi connectivity index (χ0n) is 13.4. The molecule has 3 aromatic rings. The summed E-state index contributed by atoms with van der Waals surface area (Å²) in [4.78, 5) is 3.99. The fraction of sp³-hybridized carbons (Fsp3) is 0.222. The van der Waals surface area contributed by atoms with E-state index in [4.69, 9.17) is 9.26 Å². The molecular weight excluding hydrogens is 326 g/mol. The van der Waals surface area contributed by atoms with E-state index in [1.807, 2.05) is 37.3 Å². The van der Waals surface area contributed by atoms with Gasteiger partial charge in [0.1, 0.15) is 18.1 Å². The van der Waals surface area contributed by atoms with Crippen molar-refractivity contribution in [2.45, 2.75) is 26.6 Å². The van der Waals surface area contributed by atoms with Gasteiger partial charge in [0, 0.05) is 31.5 Å². The number of halogens is 1. The maximum Gasteiger partial charge on any atom is 0.133 e. The molecule has 0 aliphatic rings. The minimum Gasteiger partial charge on any atom is -0.489 e. The molecule has 0 amide bonds. The van der Waals surface area contributed by atoms with Gasteiger partial charge in [-0.1, -0.05) is 17.3 Å². The predicted molar refractivity (Wildman–Crippen MR) is 94.0 cm³/mol. The lowest BCUT2D eigenvalue weighted by Gasteiger charge is -2.07. The maximum absolute atomic E-state index is 5.75. The molecule has 6 heteroatoms. The zero-order chi connectivity index (χ0) is 15.9. The molecule has 1 N–H and O–H groups in total. The minimum absolute atomic E-state index is 0. The highest BCUT2D eigenvalue weighted by atomic mass is 35.5. The Labute approximate surface area is 147 Å². The summed E-state index contributed by atoms with van der Waals surface area (Å²) in [5, 5.41) is 7.29. The number of ether oxygens (including phenoxy) is 1. The molecular formula is C18H20ClN3O2. The van der Waals surface area contributed by atoms with E-state index in [0.29, 0.717) is 13.2 Å². The van der Waals surface area contributed by atoms with Gasteiger partial charge >= 0.3 is 0 Å². The van der Waals surface area contributed by atoms with Gasteiger partial charge in [-0.3, -0.25) is 4.98 Å². The van der Waals surface area contributed by atoms with Crippen molar-refractivity contribution in [1.82, 2.24) is 15.5 Å². The molecule has 0 unspecified atom stereocenters. The average molecular weight is 346 g/mol. The Kier molecular flexibility index (Phi) is 6.78. The third kappa shape index (κ3) is 5.37. The maximum atomic E-state index is 5.75. The first-order valence-corrected chi connectivity index (χ1v) is 7.53. The van der Waals surface area contributed by atoms with Gasteiger partial charge < -0.3 is 14.6 Å². The van der Waals surface area contributed by atoms with Crippen molar-refractivity contribution in [3.8, 4) is 5.75 Å².